The number of likely N-dealkylation sites (N-methyl/N-ethyl adjacent to an activating group) is 2. The summed E-state index contributed by atoms with van der Waals surface area (Å²) >= 11 is 0. The van der Waals surface area contributed by atoms with Crippen LogP contribution in [0.15, 0.2) is 36.4 Å². The first kappa shape index (κ1) is 16.5. The van der Waals surface area contributed by atoms with Gasteiger partial charge in [0, 0.05) is 31.7 Å². The van der Waals surface area contributed by atoms with Crippen LogP contribution in [0.25, 0.3) is 0 Å². The molecule has 1 aromatic carbocycles. The van der Waals surface area contributed by atoms with Crippen molar-refractivity contribution in [3.63, 3.8) is 0 Å². The maximum Gasteiger partial charge on any atom is 0.123 e. The number of aromatic nitrogens is 1. The van der Waals surface area contributed by atoms with Crippen molar-refractivity contribution < 1.29 is 0 Å². The van der Waals surface area contributed by atoms with Crippen LogP contribution in [0.3, 0.4) is 0 Å². The van der Waals surface area contributed by atoms with Crippen molar-refractivity contribution in [3.05, 3.63) is 58.8 Å². The Balaban J connectivity index is 2.04. The summed E-state index contributed by atoms with van der Waals surface area (Å²) in [5.41, 5.74) is 10.6. The van der Waals surface area contributed by atoms with Crippen molar-refractivity contribution in [3.8, 4) is 0 Å². The molecule has 0 saturated carbocycles. The van der Waals surface area contributed by atoms with E-state index in [-0.39, 0.29) is 0 Å². The molecule has 0 atom stereocenters. The highest BCUT2D eigenvalue weighted by Crippen LogP contribution is 2.14. The van der Waals surface area contributed by atoms with E-state index >= 15 is 0 Å². The minimum atomic E-state index is 0.595. The quantitative estimate of drug-likeness (QED) is 0.823. The third kappa shape index (κ3) is 5.13. The van der Waals surface area contributed by atoms with Crippen molar-refractivity contribution in [2.75, 3.05) is 32.9 Å². The van der Waals surface area contributed by atoms with Gasteiger partial charge in [0.15, 0.2) is 0 Å². The molecule has 3 N–H and O–H groups in total. The van der Waals surface area contributed by atoms with Gasteiger partial charge < -0.3 is 16.0 Å². The number of rotatable bonds is 7. The topological polar surface area (TPSA) is 54.2 Å². The lowest BCUT2D eigenvalue weighted by Gasteiger charge is -2.16. The van der Waals surface area contributed by atoms with E-state index in [0.717, 1.165) is 37.3 Å². The molecule has 2 aromatic rings. The minimum Gasteiger partial charge on any atom is -0.384 e. The standard InChI is InChI=1S/C18H26N4/c1-14-9-17(21-18(19)10-14)12-15-5-4-6-16(11-15)13-22(3)8-7-20-2/h4-6,9-11,20H,7-8,12-13H2,1-3H3,(H2,19,21). The first-order valence-electron chi connectivity index (χ1n) is 7.71. The molecule has 118 valence electrons. The fourth-order valence-electron chi connectivity index (χ4n) is 2.60. The van der Waals surface area contributed by atoms with Crippen LogP contribution in [0.1, 0.15) is 22.4 Å². The fourth-order valence-corrected chi connectivity index (χ4v) is 2.60. The number of anilines is 1. The van der Waals surface area contributed by atoms with Crippen molar-refractivity contribution in [2.24, 2.45) is 0 Å². The average molecular weight is 298 g/mol. The number of benzene rings is 1. The van der Waals surface area contributed by atoms with E-state index in [0.29, 0.717) is 5.82 Å². The molecule has 1 aromatic heterocycles. The van der Waals surface area contributed by atoms with E-state index in [4.69, 9.17) is 5.73 Å². The minimum absolute atomic E-state index is 0.595. The van der Waals surface area contributed by atoms with Crippen molar-refractivity contribution >= 4 is 5.82 Å². The molecule has 0 unspecified atom stereocenters. The van der Waals surface area contributed by atoms with E-state index < -0.39 is 0 Å². The molecule has 22 heavy (non-hydrogen) atoms. The van der Waals surface area contributed by atoms with Crippen molar-refractivity contribution in [1.82, 2.24) is 15.2 Å². The zero-order valence-electron chi connectivity index (χ0n) is 13.8. The predicted octanol–water partition coefficient (Wildman–Crippen LogP) is 2.21. The fraction of sp³-hybridized carbons (Fsp3) is 0.389. The molecule has 0 fully saturated rings. The van der Waals surface area contributed by atoms with Crippen molar-refractivity contribution in [1.29, 1.82) is 0 Å². The van der Waals surface area contributed by atoms with E-state index in [1.165, 1.54) is 11.1 Å². The molecule has 0 aliphatic carbocycles. The van der Waals surface area contributed by atoms with E-state index in [9.17, 15) is 0 Å². The lowest BCUT2D eigenvalue weighted by Crippen LogP contribution is -2.26. The maximum atomic E-state index is 5.83. The van der Waals surface area contributed by atoms with Gasteiger partial charge in [0.1, 0.15) is 5.82 Å². The number of pyridine rings is 1. The molecular formula is C18H26N4. The van der Waals surface area contributed by atoms with Gasteiger partial charge in [0.2, 0.25) is 0 Å². The van der Waals surface area contributed by atoms with E-state index in [1.807, 2.05) is 13.1 Å². The summed E-state index contributed by atoms with van der Waals surface area (Å²) < 4.78 is 0. The first-order valence-corrected chi connectivity index (χ1v) is 7.71. The van der Waals surface area contributed by atoms with Crippen LogP contribution in [0.5, 0.6) is 0 Å². The second-order valence-electron chi connectivity index (χ2n) is 5.90. The van der Waals surface area contributed by atoms with Gasteiger partial charge in [0.25, 0.3) is 0 Å². The Labute approximate surface area is 133 Å². The van der Waals surface area contributed by atoms with E-state index in [1.54, 1.807) is 0 Å². The number of nitrogen functional groups attached to an aromatic ring is 1. The zero-order chi connectivity index (χ0) is 15.9. The molecular weight excluding hydrogens is 272 g/mol. The second kappa shape index (κ2) is 7.92. The number of aryl methyl sites for hydroxylation is 1. The van der Waals surface area contributed by atoms with Gasteiger partial charge in [-0.15, -0.1) is 0 Å². The summed E-state index contributed by atoms with van der Waals surface area (Å²) in [4.78, 5) is 6.74. The highest BCUT2D eigenvalue weighted by molar-refractivity contribution is 5.36. The van der Waals surface area contributed by atoms with Crippen LogP contribution in [0.4, 0.5) is 5.82 Å². The van der Waals surface area contributed by atoms with Crippen LogP contribution >= 0.6 is 0 Å². The summed E-state index contributed by atoms with van der Waals surface area (Å²) in [7, 11) is 4.13. The Hall–Kier alpha value is -1.91. The lowest BCUT2D eigenvalue weighted by atomic mass is 10.0. The van der Waals surface area contributed by atoms with Gasteiger partial charge in [-0.2, -0.15) is 0 Å². The second-order valence-corrected chi connectivity index (χ2v) is 5.90. The number of nitrogens with zero attached hydrogens (tertiary/aromatic N) is 2. The molecule has 0 amide bonds. The Morgan fingerprint density at radius 3 is 2.68 bits per heavy atom. The molecule has 1 heterocycles. The number of hydrogen-bond acceptors (Lipinski definition) is 4. The maximum absolute atomic E-state index is 5.83. The molecule has 0 aliphatic rings. The molecule has 0 bridgehead atoms. The normalized spacial score (nSPS) is 11.1. The summed E-state index contributed by atoms with van der Waals surface area (Å²) in [6.07, 6.45) is 0.819. The van der Waals surface area contributed by atoms with Crippen LogP contribution in [-0.2, 0) is 13.0 Å². The third-order valence-corrected chi connectivity index (χ3v) is 3.62. The highest BCUT2D eigenvalue weighted by Gasteiger charge is 2.04. The van der Waals surface area contributed by atoms with Gasteiger partial charge >= 0.3 is 0 Å². The van der Waals surface area contributed by atoms with Gasteiger partial charge in [0.05, 0.1) is 0 Å². The Kier molecular flexibility index (Phi) is 5.92. The smallest absolute Gasteiger partial charge is 0.123 e. The van der Waals surface area contributed by atoms with E-state index in [2.05, 4.69) is 59.5 Å². The SMILES string of the molecule is CNCCN(C)Cc1cccc(Cc2cc(C)cc(N)n2)c1. The van der Waals surface area contributed by atoms with Gasteiger partial charge in [-0.3, -0.25) is 0 Å². The van der Waals surface area contributed by atoms with Gasteiger partial charge in [-0.1, -0.05) is 24.3 Å². The number of hydrogen-bond donors (Lipinski definition) is 2. The Bertz CT molecular complexity index is 590. The summed E-state index contributed by atoms with van der Waals surface area (Å²) in [6, 6.07) is 12.7. The largest absolute Gasteiger partial charge is 0.384 e. The zero-order valence-corrected chi connectivity index (χ0v) is 13.8. The number of nitrogens with one attached hydrogen (secondary N) is 1. The molecule has 4 nitrogen and oxygen atoms in total. The molecule has 2 rings (SSSR count). The summed E-state index contributed by atoms with van der Waals surface area (Å²) in [6.45, 7) is 5.05. The Morgan fingerprint density at radius 2 is 1.95 bits per heavy atom. The molecule has 0 saturated heterocycles. The highest BCUT2D eigenvalue weighted by atomic mass is 15.1. The van der Waals surface area contributed by atoms with Crippen LogP contribution in [0, 0.1) is 6.92 Å². The predicted molar refractivity (Wildman–Crippen MR) is 92.9 cm³/mol. The monoisotopic (exact) mass is 298 g/mol. The molecule has 0 spiro atoms. The molecule has 0 aliphatic heterocycles. The molecule has 4 heteroatoms. The van der Waals surface area contributed by atoms with Crippen molar-refractivity contribution in [2.45, 2.75) is 19.9 Å². The molecule has 0 radical (unpaired) electrons. The Morgan fingerprint density at radius 1 is 1.18 bits per heavy atom. The van der Waals surface area contributed by atoms with Crippen LogP contribution in [0.2, 0.25) is 0 Å². The van der Waals surface area contributed by atoms with Gasteiger partial charge in [-0.05, 0) is 49.8 Å². The summed E-state index contributed by atoms with van der Waals surface area (Å²) in [5, 5.41) is 3.18. The first-order chi connectivity index (χ1) is 10.6. The van der Waals surface area contributed by atoms with Crippen LogP contribution < -0.4 is 11.1 Å². The third-order valence-electron chi connectivity index (χ3n) is 3.62. The van der Waals surface area contributed by atoms with Crippen LogP contribution in [-0.4, -0.2) is 37.1 Å². The lowest BCUT2D eigenvalue weighted by molar-refractivity contribution is 0.328. The summed E-state index contributed by atoms with van der Waals surface area (Å²) in [5.74, 6) is 0.595. The average Bonchev–Trinajstić information content (AvgIpc) is 2.44. The number of nitrogens with two attached hydrogens (primary N) is 1. The van der Waals surface area contributed by atoms with Gasteiger partial charge in [-0.25, -0.2) is 4.98 Å².